The highest BCUT2D eigenvalue weighted by molar-refractivity contribution is 5.76. The first kappa shape index (κ1) is 16.9. The molecule has 0 unspecified atom stereocenters. The first-order valence-corrected chi connectivity index (χ1v) is 6.50. The molecule has 0 heterocycles. The Balaban J connectivity index is 3.89. The first-order chi connectivity index (χ1) is 8.02. The lowest BCUT2D eigenvalue weighted by atomic mass is 9.84. The van der Waals surface area contributed by atoms with Gasteiger partial charge in [-0.1, -0.05) is 34.6 Å². The molecule has 0 aliphatic heterocycles. The van der Waals surface area contributed by atoms with E-state index in [-0.39, 0.29) is 23.2 Å². The summed E-state index contributed by atoms with van der Waals surface area (Å²) in [7, 11) is 0. The van der Waals surface area contributed by atoms with Crippen LogP contribution in [-0.2, 0) is 9.59 Å². The van der Waals surface area contributed by atoms with Gasteiger partial charge in [-0.25, -0.2) is 0 Å². The van der Waals surface area contributed by atoms with Gasteiger partial charge in [0.25, 0.3) is 0 Å². The Morgan fingerprint density at radius 3 is 2.06 bits per heavy atom. The summed E-state index contributed by atoms with van der Waals surface area (Å²) in [6.07, 6.45) is 2.14. The first-order valence-electron chi connectivity index (χ1n) is 6.50. The van der Waals surface area contributed by atoms with Crippen LogP contribution < -0.4 is 5.32 Å². The lowest BCUT2D eigenvalue weighted by Crippen LogP contribution is -2.31. The van der Waals surface area contributed by atoms with Gasteiger partial charge in [0.15, 0.2) is 0 Å². The van der Waals surface area contributed by atoms with Crippen molar-refractivity contribution in [1.82, 2.24) is 5.32 Å². The zero-order chi connectivity index (χ0) is 14.4. The summed E-state index contributed by atoms with van der Waals surface area (Å²) in [5.74, 6) is -0.698. The van der Waals surface area contributed by atoms with E-state index >= 15 is 0 Å². The van der Waals surface area contributed by atoms with E-state index in [1.807, 2.05) is 34.6 Å². The highest BCUT2D eigenvalue weighted by Gasteiger charge is 2.20. The van der Waals surface area contributed by atoms with Gasteiger partial charge in [0, 0.05) is 19.4 Å². The number of carboxylic acids is 1. The predicted molar refractivity (Wildman–Crippen MR) is 72.3 cm³/mol. The van der Waals surface area contributed by atoms with Crippen LogP contribution in [0.2, 0.25) is 0 Å². The fourth-order valence-electron chi connectivity index (χ4n) is 1.65. The number of carbonyl (C=O) groups is 2. The third-order valence-corrected chi connectivity index (χ3v) is 2.83. The summed E-state index contributed by atoms with van der Waals surface area (Å²) < 4.78 is 0. The fourth-order valence-corrected chi connectivity index (χ4v) is 1.65. The van der Waals surface area contributed by atoms with Crippen LogP contribution in [0, 0.1) is 10.8 Å². The standard InChI is InChI=1S/C14H27NO3/c1-13(2,3)10-11(16)15-9-8-14(4,5)7-6-12(17)18/h6-10H2,1-5H3,(H,15,16)(H,17,18). The number of hydrogen-bond acceptors (Lipinski definition) is 2. The maximum Gasteiger partial charge on any atom is 0.303 e. The molecule has 0 saturated carbocycles. The summed E-state index contributed by atoms with van der Waals surface area (Å²) in [5, 5.41) is 11.5. The number of carboxylic acid groups (broad SMARTS) is 1. The summed E-state index contributed by atoms with van der Waals surface area (Å²) in [5.41, 5.74) is -0.0453. The molecule has 0 spiro atoms. The van der Waals surface area contributed by atoms with E-state index in [0.717, 1.165) is 6.42 Å². The van der Waals surface area contributed by atoms with Crippen molar-refractivity contribution in [3.8, 4) is 0 Å². The number of carbonyl (C=O) groups excluding carboxylic acids is 1. The second kappa shape index (κ2) is 6.76. The minimum Gasteiger partial charge on any atom is -0.481 e. The van der Waals surface area contributed by atoms with Crippen molar-refractivity contribution >= 4 is 11.9 Å². The van der Waals surface area contributed by atoms with Crippen LogP contribution >= 0.6 is 0 Å². The summed E-state index contributed by atoms with van der Waals surface area (Å²) in [4.78, 5) is 22.1. The highest BCUT2D eigenvalue weighted by Crippen LogP contribution is 2.26. The van der Waals surface area contributed by atoms with Crippen LogP contribution in [0.1, 0.15) is 60.3 Å². The molecule has 106 valence electrons. The van der Waals surface area contributed by atoms with E-state index in [4.69, 9.17) is 5.11 Å². The summed E-state index contributed by atoms with van der Waals surface area (Å²) in [6.45, 7) is 10.8. The Labute approximate surface area is 110 Å². The Morgan fingerprint density at radius 2 is 1.61 bits per heavy atom. The maximum absolute atomic E-state index is 11.6. The van der Waals surface area contributed by atoms with Gasteiger partial charge in [-0.3, -0.25) is 9.59 Å². The van der Waals surface area contributed by atoms with Crippen LogP contribution in [0.5, 0.6) is 0 Å². The monoisotopic (exact) mass is 257 g/mol. The molecule has 0 rings (SSSR count). The van der Waals surface area contributed by atoms with Gasteiger partial charge in [0.05, 0.1) is 0 Å². The van der Waals surface area contributed by atoms with Crippen LogP contribution in [-0.4, -0.2) is 23.5 Å². The van der Waals surface area contributed by atoms with Gasteiger partial charge in [-0.05, 0) is 23.7 Å². The molecular formula is C14H27NO3. The van der Waals surface area contributed by atoms with Crippen LogP contribution in [0.25, 0.3) is 0 Å². The van der Waals surface area contributed by atoms with Gasteiger partial charge in [-0.15, -0.1) is 0 Å². The predicted octanol–water partition coefficient (Wildman–Crippen LogP) is 2.82. The molecule has 0 fully saturated rings. The van der Waals surface area contributed by atoms with E-state index in [2.05, 4.69) is 5.32 Å². The Kier molecular flexibility index (Phi) is 6.36. The molecule has 0 atom stereocenters. The summed E-state index contributed by atoms with van der Waals surface area (Å²) in [6, 6.07) is 0. The van der Waals surface area contributed by atoms with Crippen molar-refractivity contribution in [2.45, 2.75) is 60.3 Å². The summed E-state index contributed by atoms with van der Waals surface area (Å²) >= 11 is 0. The van der Waals surface area contributed by atoms with Gasteiger partial charge < -0.3 is 10.4 Å². The lowest BCUT2D eigenvalue weighted by molar-refractivity contribution is -0.137. The number of nitrogens with one attached hydrogen (secondary N) is 1. The molecule has 1 amide bonds. The molecule has 0 aliphatic rings. The minimum absolute atomic E-state index is 0.00289. The lowest BCUT2D eigenvalue weighted by Gasteiger charge is -2.24. The van der Waals surface area contributed by atoms with E-state index in [1.54, 1.807) is 0 Å². The van der Waals surface area contributed by atoms with E-state index in [1.165, 1.54) is 0 Å². The van der Waals surface area contributed by atoms with Gasteiger partial charge in [0.2, 0.25) is 5.91 Å². The molecule has 0 aliphatic carbocycles. The SMILES string of the molecule is CC(C)(C)CC(=O)NCCC(C)(C)CCC(=O)O. The molecule has 0 aromatic rings. The van der Waals surface area contributed by atoms with E-state index < -0.39 is 5.97 Å². The average molecular weight is 257 g/mol. The van der Waals surface area contributed by atoms with E-state index in [9.17, 15) is 9.59 Å². The number of aliphatic carboxylic acids is 1. The molecule has 2 N–H and O–H groups in total. The van der Waals surface area contributed by atoms with Crippen molar-refractivity contribution in [2.75, 3.05) is 6.54 Å². The second-order valence-corrected chi connectivity index (χ2v) is 6.90. The molecule has 4 nitrogen and oxygen atoms in total. The maximum atomic E-state index is 11.6. The quantitative estimate of drug-likeness (QED) is 0.737. The third kappa shape index (κ3) is 10.1. The highest BCUT2D eigenvalue weighted by atomic mass is 16.4. The van der Waals surface area contributed by atoms with Crippen molar-refractivity contribution in [3.05, 3.63) is 0 Å². The van der Waals surface area contributed by atoms with Crippen LogP contribution in [0.4, 0.5) is 0 Å². The van der Waals surface area contributed by atoms with Gasteiger partial charge in [-0.2, -0.15) is 0 Å². The average Bonchev–Trinajstić information content (AvgIpc) is 2.11. The van der Waals surface area contributed by atoms with Crippen LogP contribution in [0.3, 0.4) is 0 Å². The van der Waals surface area contributed by atoms with Crippen molar-refractivity contribution in [1.29, 1.82) is 0 Å². The minimum atomic E-state index is -0.764. The Bertz CT molecular complexity index is 290. The zero-order valence-electron chi connectivity index (χ0n) is 12.3. The molecule has 4 heteroatoms. The fraction of sp³-hybridized carbons (Fsp3) is 0.857. The largest absolute Gasteiger partial charge is 0.481 e. The van der Waals surface area contributed by atoms with Crippen LogP contribution in [0.15, 0.2) is 0 Å². The number of amides is 1. The van der Waals surface area contributed by atoms with Crippen molar-refractivity contribution < 1.29 is 14.7 Å². The van der Waals surface area contributed by atoms with Gasteiger partial charge >= 0.3 is 5.97 Å². The van der Waals surface area contributed by atoms with Gasteiger partial charge in [0.1, 0.15) is 0 Å². The second-order valence-electron chi connectivity index (χ2n) is 6.90. The molecule has 0 aromatic heterocycles. The molecule has 0 saturated heterocycles. The molecule has 18 heavy (non-hydrogen) atoms. The zero-order valence-corrected chi connectivity index (χ0v) is 12.3. The van der Waals surface area contributed by atoms with Crippen molar-refractivity contribution in [3.63, 3.8) is 0 Å². The molecular weight excluding hydrogens is 230 g/mol. The number of rotatable bonds is 7. The molecule has 0 radical (unpaired) electrons. The Hall–Kier alpha value is -1.06. The molecule has 0 aromatic carbocycles. The smallest absolute Gasteiger partial charge is 0.303 e. The van der Waals surface area contributed by atoms with Crippen molar-refractivity contribution in [2.24, 2.45) is 10.8 Å². The third-order valence-electron chi connectivity index (χ3n) is 2.83. The number of hydrogen-bond donors (Lipinski definition) is 2. The van der Waals surface area contributed by atoms with E-state index in [0.29, 0.717) is 19.4 Å². The normalized spacial score (nSPS) is 12.3. The Morgan fingerprint density at radius 1 is 1.06 bits per heavy atom. The molecule has 0 bridgehead atoms. The topological polar surface area (TPSA) is 66.4 Å².